The van der Waals surface area contributed by atoms with E-state index < -0.39 is 0 Å². The van der Waals surface area contributed by atoms with Crippen LogP contribution in [-0.4, -0.2) is 40.2 Å². The van der Waals surface area contributed by atoms with Gasteiger partial charge >= 0.3 is 0 Å². The van der Waals surface area contributed by atoms with Gasteiger partial charge in [-0.3, -0.25) is 4.79 Å². The Balaban J connectivity index is 1.79. The van der Waals surface area contributed by atoms with Crippen LogP contribution in [0, 0.1) is 0 Å². The fourth-order valence-corrected chi connectivity index (χ4v) is 3.79. The van der Waals surface area contributed by atoms with Gasteiger partial charge in [0.1, 0.15) is 5.69 Å². The van der Waals surface area contributed by atoms with Crippen molar-refractivity contribution in [2.45, 2.75) is 39.0 Å². The maximum atomic E-state index is 12.9. The quantitative estimate of drug-likeness (QED) is 0.871. The lowest BCUT2D eigenvalue weighted by atomic mass is 10.1. The second kappa shape index (κ2) is 5.89. The topological polar surface area (TPSA) is 34.5 Å². The van der Waals surface area contributed by atoms with E-state index in [1.165, 1.54) is 4.88 Å². The molecule has 0 bridgehead atoms. The number of ether oxygens (including phenoxy) is 1. The van der Waals surface area contributed by atoms with E-state index in [0.29, 0.717) is 13.1 Å². The van der Waals surface area contributed by atoms with Crippen molar-refractivity contribution in [1.82, 2.24) is 9.47 Å². The summed E-state index contributed by atoms with van der Waals surface area (Å²) >= 11 is 1.71. The molecule has 1 atom stereocenters. The van der Waals surface area contributed by atoms with Crippen molar-refractivity contribution in [3.63, 3.8) is 0 Å². The lowest BCUT2D eigenvalue weighted by Gasteiger charge is -2.41. The molecule has 5 heteroatoms. The summed E-state index contributed by atoms with van der Waals surface area (Å²) in [5, 5.41) is 2.06. The van der Waals surface area contributed by atoms with Crippen molar-refractivity contribution in [2.24, 2.45) is 0 Å². The molecule has 0 aromatic carbocycles. The minimum Gasteiger partial charge on any atom is -0.369 e. The minimum atomic E-state index is -0.293. The van der Waals surface area contributed by atoms with Gasteiger partial charge in [0.25, 0.3) is 5.91 Å². The predicted molar refractivity (Wildman–Crippen MR) is 88.4 cm³/mol. The molecule has 118 valence electrons. The molecule has 0 N–H and O–H groups in total. The molecule has 22 heavy (non-hydrogen) atoms. The zero-order valence-corrected chi connectivity index (χ0v) is 14.1. The van der Waals surface area contributed by atoms with E-state index in [0.717, 1.165) is 12.2 Å². The number of nitrogens with zero attached hydrogens (tertiary/aromatic N) is 2. The molecular weight excluding hydrogens is 296 g/mol. The van der Waals surface area contributed by atoms with E-state index in [9.17, 15) is 4.79 Å². The average Bonchev–Trinajstić information content (AvgIpc) is 3.07. The molecule has 1 aliphatic heterocycles. The second-order valence-corrected chi connectivity index (χ2v) is 7.51. The SMILES string of the molecule is CC1CN(C(=O)c2cccn2Cc2cccs2)CC(C)(C)O1. The van der Waals surface area contributed by atoms with Crippen LogP contribution in [0.2, 0.25) is 0 Å². The van der Waals surface area contributed by atoms with Gasteiger partial charge < -0.3 is 14.2 Å². The van der Waals surface area contributed by atoms with Gasteiger partial charge in [-0.15, -0.1) is 11.3 Å². The summed E-state index contributed by atoms with van der Waals surface area (Å²) in [6.45, 7) is 8.11. The van der Waals surface area contributed by atoms with Crippen LogP contribution in [-0.2, 0) is 11.3 Å². The molecule has 1 saturated heterocycles. The Morgan fingerprint density at radius 1 is 1.41 bits per heavy atom. The first-order valence-electron chi connectivity index (χ1n) is 7.59. The third-order valence-electron chi connectivity index (χ3n) is 3.81. The molecular formula is C17H22N2O2S. The van der Waals surface area contributed by atoms with Crippen LogP contribution in [0.25, 0.3) is 0 Å². The highest BCUT2D eigenvalue weighted by atomic mass is 32.1. The Morgan fingerprint density at radius 3 is 2.91 bits per heavy atom. The van der Waals surface area contributed by atoms with Gasteiger partial charge in [-0.2, -0.15) is 0 Å². The Kier molecular flexibility index (Phi) is 4.10. The maximum absolute atomic E-state index is 12.9. The van der Waals surface area contributed by atoms with Gasteiger partial charge in [-0.1, -0.05) is 6.07 Å². The van der Waals surface area contributed by atoms with Crippen molar-refractivity contribution in [3.05, 3.63) is 46.4 Å². The van der Waals surface area contributed by atoms with Crippen LogP contribution in [0.3, 0.4) is 0 Å². The van der Waals surface area contributed by atoms with Crippen LogP contribution in [0.1, 0.15) is 36.1 Å². The van der Waals surface area contributed by atoms with Crippen LogP contribution >= 0.6 is 11.3 Å². The molecule has 3 heterocycles. The minimum absolute atomic E-state index is 0.0633. The molecule has 1 aliphatic rings. The summed E-state index contributed by atoms with van der Waals surface area (Å²) in [5.74, 6) is 0.0878. The number of hydrogen-bond donors (Lipinski definition) is 0. The number of thiophene rings is 1. The maximum Gasteiger partial charge on any atom is 0.270 e. The van der Waals surface area contributed by atoms with Gasteiger partial charge in [0.2, 0.25) is 0 Å². The van der Waals surface area contributed by atoms with Crippen molar-refractivity contribution < 1.29 is 9.53 Å². The molecule has 0 saturated carbocycles. The van der Waals surface area contributed by atoms with Crippen LogP contribution in [0.4, 0.5) is 0 Å². The highest BCUT2D eigenvalue weighted by Crippen LogP contribution is 2.23. The van der Waals surface area contributed by atoms with Crippen molar-refractivity contribution >= 4 is 17.2 Å². The number of carbonyl (C=O) groups is 1. The lowest BCUT2D eigenvalue weighted by Crippen LogP contribution is -2.54. The number of morpholine rings is 1. The summed E-state index contributed by atoms with van der Waals surface area (Å²) < 4.78 is 7.92. The molecule has 1 unspecified atom stereocenters. The first-order chi connectivity index (χ1) is 10.4. The fourth-order valence-electron chi connectivity index (χ4n) is 3.09. The molecule has 3 rings (SSSR count). The molecule has 2 aromatic heterocycles. The van der Waals surface area contributed by atoms with E-state index in [-0.39, 0.29) is 17.6 Å². The molecule has 4 nitrogen and oxygen atoms in total. The number of aromatic nitrogens is 1. The van der Waals surface area contributed by atoms with Crippen molar-refractivity contribution in [2.75, 3.05) is 13.1 Å². The number of carbonyl (C=O) groups excluding carboxylic acids is 1. The number of amides is 1. The second-order valence-electron chi connectivity index (χ2n) is 6.47. The van der Waals surface area contributed by atoms with Crippen LogP contribution in [0.5, 0.6) is 0 Å². The molecule has 1 amide bonds. The van der Waals surface area contributed by atoms with E-state index >= 15 is 0 Å². The predicted octanol–water partition coefficient (Wildman–Crippen LogP) is 3.24. The van der Waals surface area contributed by atoms with Gasteiger partial charge in [0.15, 0.2) is 0 Å². The first-order valence-corrected chi connectivity index (χ1v) is 8.47. The van der Waals surface area contributed by atoms with E-state index in [2.05, 4.69) is 11.4 Å². The van der Waals surface area contributed by atoms with Crippen molar-refractivity contribution in [1.29, 1.82) is 0 Å². The van der Waals surface area contributed by atoms with Crippen LogP contribution < -0.4 is 0 Å². The molecule has 1 fully saturated rings. The number of hydrogen-bond acceptors (Lipinski definition) is 3. The average molecular weight is 318 g/mol. The Hall–Kier alpha value is -1.59. The van der Waals surface area contributed by atoms with Gasteiger partial charge in [0, 0.05) is 24.2 Å². The molecule has 0 radical (unpaired) electrons. The van der Waals surface area contributed by atoms with Crippen molar-refractivity contribution in [3.8, 4) is 0 Å². The summed E-state index contributed by atoms with van der Waals surface area (Å²) in [5.41, 5.74) is 0.455. The molecule has 0 aliphatic carbocycles. The van der Waals surface area contributed by atoms with Gasteiger partial charge in [-0.25, -0.2) is 0 Å². The summed E-state index contributed by atoms with van der Waals surface area (Å²) in [7, 11) is 0. The van der Waals surface area contributed by atoms with Gasteiger partial charge in [-0.05, 0) is 44.4 Å². The fraction of sp³-hybridized carbons (Fsp3) is 0.471. The Bertz CT molecular complexity index is 645. The summed E-state index contributed by atoms with van der Waals surface area (Å²) in [6.07, 6.45) is 2.04. The molecule has 0 spiro atoms. The Labute approximate surface area is 135 Å². The third-order valence-corrected chi connectivity index (χ3v) is 4.67. The van der Waals surface area contributed by atoms with Crippen LogP contribution in [0.15, 0.2) is 35.8 Å². The monoisotopic (exact) mass is 318 g/mol. The smallest absolute Gasteiger partial charge is 0.270 e. The highest BCUT2D eigenvalue weighted by molar-refractivity contribution is 7.09. The highest BCUT2D eigenvalue weighted by Gasteiger charge is 2.34. The normalized spacial score (nSPS) is 21.0. The largest absolute Gasteiger partial charge is 0.369 e. The first kappa shape index (κ1) is 15.3. The summed E-state index contributed by atoms with van der Waals surface area (Å²) in [4.78, 5) is 16.1. The van der Waals surface area contributed by atoms with Gasteiger partial charge in [0.05, 0.1) is 18.2 Å². The van der Waals surface area contributed by atoms with E-state index in [4.69, 9.17) is 4.74 Å². The third kappa shape index (κ3) is 3.25. The Morgan fingerprint density at radius 2 is 2.23 bits per heavy atom. The lowest BCUT2D eigenvalue weighted by molar-refractivity contribution is -0.119. The van der Waals surface area contributed by atoms with E-state index in [1.54, 1.807) is 11.3 Å². The standard InChI is InChI=1S/C17H22N2O2S/c1-13-10-19(12-17(2,3)21-13)16(20)15-7-4-8-18(15)11-14-6-5-9-22-14/h4-9,13H,10-12H2,1-3H3. The molecule has 2 aromatic rings. The van der Waals surface area contributed by atoms with E-state index in [1.807, 2.05) is 54.6 Å². The zero-order valence-electron chi connectivity index (χ0n) is 13.3. The summed E-state index contributed by atoms with van der Waals surface area (Å²) in [6, 6.07) is 7.98. The zero-order chi connectivity index (χ0) is 15.7. The number of rotatable bonds is 3.